The molecular weight excluding hydrogens is 375 g/mol. The number of nitrogens with one attached hydrogen (secondary N) is 1. The standard InChI is InChI=1S/C11H13IN6O2/c1-3-18-5-7(8(16-18)10(13)19)15-11(20)9-6(12)4-14-17(9)2/h4-5H,3H2,1-2H3,(H2,13,19)(H,15,20). The third kappa shape index (κ3) is 2.66. The summed E-state index contributed by atoms with van der Waals surface area (Å²) in [6, 6.07) is 0. The fourth-order valence-corrected chi connectivity index (χ4v) is 2.42. The number of halogens is 1. The molecule has 0 atom stereocenters. The fraction of sp³-hybridized carbons (Fsp3) is 0.273. The van der Waals surface area contributed by atoms with E-state index >= 15 is 0 Å². The number of carbonyl (C=O) groups excluding carboxylic acids is 2. The topological polar surface area (TPSA) is 108 Å². The lowest BCUT2D eigenvalue weighted by molar-refractivity contribution is 0.0995. The maximum atomic E-state index is 12.2. The van der Waals surface area contributed by atoms with Crippen LogP contribution in [-0.2, 0) is 13.6 Å². The molecule has 0 aliphatic rings. The molecule has 2 aromatic heterocycles. The second kappa shape index (κ2) is 5.61. The normalized spacial score (nSPS) is 10.6. The van der Waals surface area contributed by atoms with E-state index in [1.54, 1.807) is 19.4 Å². The summed E-state index contributed by atoms with van der Waals surface area (Å²) in [6.45, 7) is 2.44. The van der Waals surface area contributed by atoms with Gasteiger partial charge in [0.2, 0.25) is 0 Å². The minimum Gasteiger partial charge on any atom is -0.364 e. The highest BCUT2D eigenvalue weighted by atomic mass is 127. The zero-order valence-electron chi connectivity index (χ0n) is 10.9. The van der Waals surface area contributed by atoms with Crippen molar-refractivity contribution in [3.05, 3.63) is 27.4 Å². The molecule has 9 heteroatoms. The van der Waals surface area contributed by atoms with Crippen LogP contribution in [0.2, 0.25) is 0 Å². The summed E-state index contributed by atoms with van der Waals surface area (Å²) in [5.74, 6) is -1.06. The Hall–Kier alpha value is -1.91. The molecule has 0 aliphatic heterocycles. The minimum absolute atomic E-state index is 0.0392. The smallest absolute Gasteiger partial charge is 0.275 e. The molecule has 0 aromatic carbocycles. The van der Waals surface area contributed by atoms with E-state index in [4.69, 9.17) is 5.73 Å². The average Bonchev–Trinajstić information content (AvgIpc) is 2.93. The van der Waals surface area contributed by atoms with Crippen LogP contribution in [0.1, 0.15) is 27.9 Å². The summed E-state index contributed by atoms with van der Waals surface area (Å²) in [6.07, 6.45) is 3.15. The van der Waals surface area contributed by atoms with Gasteiger partial charge in [-0.1, -0.05) is 0 Å². The van der Waals surface area contributed by atoms with Crippen LogP contribution in [-0.4, -0.2) is 31.4 Å². The molecule has 2 rings (SSSR count). The number of nitrogens with zero attached hydrogens (tertiary/aromatic N) is 4. The van der Waals surface area contributed by atoms with Crippen molar-refractivity contribution in [1.82, 2.24) is 19.6 Å². The predicted octanol–water partition coefficient (Wildman–Crippen LogP) is 0.592. The number of aryl methyl sites for hydroxylation is 2. The second-order valence-electron chi connectivity index (χ2n) is 4.03. The summed E-state index contributed by atoms with van der Waals surface area (Å²) in [4.78, 5) is 23.6. The highest BCUT2D eigenvalue weighted by molar-refractivity contribution is 14.1. The summed E-state index contributed by atoms with van der Waals surface area (Å²) in [7, 11) is 1.67. The molecule has 0 spiro atoms. The minimum atomic E-state index is -0.688. The van der Waals surface area contributed by atoms with E-state index in [-0.39, 0.29) is 11.6 Å². The number of hydrogen-bond donors (Lipinski definition) is 2. The molecule has 8 nitrogen and oxygen atoms in total. The molecule has 0 saturated carbocycles. The summed E-state index contributed by atoms with van der Waals surface area (Å²) >= 11 is 2.02. The van der Waals surface area contributed by atoms with Gasteiger partial charge in [0.15, 0.2) is 5.69 Å². The Morgan fingerprint density at radius 1 is 1.50 bits per heavy atom. The number of carbonyl (C=O) groups is 2. The molecule has 0 saturated heterocycles. The zero-order chi connectivity index (χ0) is 14.9. The van der Waals surface area contributed by atoms with E-state index in [1.807, 2.05) is 29.5 Å². The predicted molar refractivity (Wildman–Crippen MR) is 80.3 cm³/mol. The maximum Gasteiger partial charge on any atom is 0.275 e. The maximum absolute atomic E-state index is 12.2. The Bertz CT molecular complexity index is 655. The molecule has 2 heterocycles. The van der Waals surface area contributed by atoms with Gasteiger partial charge < -0.3 is 11.1 Å². The molecule has 0 aliphatic carbocycles. The number of aromatic nitrogens is 4. The number of hydrogen-bond acceptors (Lipinski definition) is 4. The van der Waals surface area contributed by atoms with Crippen LogP contribution in [0.15, 0.2) is 12.4 Å². The Labute approximate surface area is 128 Å². The summed E-state index contributed by atoms with van der Waals surface area (Å²) < 4.78 is 3.71. The first-order chi connectivity index (χ1) is 9.43. The van der Waals surface area contributed by atoms with Gasteiger partial charge in [0.25, 0.3) is 11.8 Å². The number of rotatable bonds is 4. The molecule has 0 radical (unpaired) electrons. The van der Waals surface area contributed by atoms with E-state index < -0.39 is 5.91 Å². The first kappa shape index (κ1) is 14.5. The second-order valence-corrected chi connectivity index (χ2v) is 5.19. The lowest BCUT2D eigenvalue weighted by Gasteiger charge is -2.04. The van der Waals surface area contributed by atoms with E-state index in [0.29, 0.717) is 21.5 Å². The monoisotopic (exact) mass is 388 g/mol. The van der Waals surface area contributed by atoms with Crippen LogP contribution in [0.4, 0.5) is 5.69 Å². The van der Waals surface area contributed by atoms with Crippen LogP contribution in [0.25, 0.3) is 0 Å². The molecule has 3 N–H and O–H groups in total. The number of primary amides is 1. The Morgan fingerprint density at radius 2 is 2.20 bits per heavy atom. The Balaban J connectivity index is 2.32. The third-order valence-electron chi connectivity index (χ3n) is 2.68. The first-order valence-corrected chi connectivity index (χ1v) is 6.88. The van der Waals surface area contributed by atoms with Crippen LogP contribution in [0.3, 0.4) is 0 Å². The third-order valence-corrected chi connectivity index (χ3v) is 3.47. The van der Waals surface area contributed by atoms with Gasteiger partial charge in [0.1, 0.15) is 5.69 Å². The molecule has 2 aromatic rings. The van der Waals surface area contributed by atoms with Gasteiger partial charge >= 0.3 is 0 Å². The van der Waals surface area contributed by atoms with Crippen LogP contribution >= 0.6 is 22.6 Å². The molecule has 0 unspecified atom stereocenters. The zero-order valence-corrected chi connectivity index (χ0v) is 13.1. The lowest BCUT2D eigenvalue weighted by atomic mass is 10.3. The van der Waals surface area contributed by atoms with Gasteiger partial charge in [-0.05, 0) is 29.5 Å². The highest BCUT2D eigenvalue weighted by Gasteiger charge is 2.20. The molecule has 0 bridgehead atoms. The molecule has 0 fully saturated rings. The van der Waals surface area contributed by atoms with Crippen LogP contribution in [0, 0.1) is 3.57 Å². The lowest BCUT2D eigenvalue weighted by Crippen LogP contribution is -2.20. The number of amides is 2. The van der Waals surface area contributed by atoms with Crippen molar-refractivity contribution in [2.24, 2.45) is 12.8 Å². The van der Waals surface area contributed by atoms with Gasteiger partial charge in [-0.2, -0.15) is 10.2 Å². The summed E-state index contributed by atoms with van der Waals surface area (Å²) in [5.41, 5.74) is 5.99. The highest BCUT2D eigenvalue weighted by Crippen LogP contribution is 2.17. The van der Waals surface area contributed by atoms with Crippen molar-refractivity contribution in [2.75, 3.05) is 5.32 Å². The molecule has 106 valence electrons. The molecule has 2 amide bonds. The van der Waals surface area contributed by atoms with Crippen molar-refractivity contribution in [3.8, 4) is 0 Å². The van der Waals surface area contributed by atoms with Gasteiger partial charge in [-0.15, -0.1) is 0 Å². The number of nitrogens with two attached hydrogens (primary N) is 1. The van der Waals surface area contributed by atoms with E-state index in [2.05, 4.69) is 15.5 Å². The van der Waals surface area contributed by atoms with Crippen LogP contribution < -0.4 is 11.1 Å². The van der Waals surface area contributed by atoms with E-state index in [0.717, 1.165) is 0 Å². The van der Waals surface area contributed by atoms with Crippen molar-refractivity contribution >= 4 is 40.1 Å². The van der Waals surface area contributed by atoms with Gasteiger partial charge in [-0.25, -0.2) is 0 Å². The van der Waals surface area contributed by atoms with Crippen molar-refractivity contribution in [2.45, 2.75) is 13.5 Å². The Morgan fingerprint density at radius 3 is 2.70 bits per heavy atom. The Kier molecular flexibility index (Phi) is 4.06. The van der Waals surface area contributed by atoms with Gasteiger partial charge in [-0.3, -0.25) is 19.0 Å². The van der Waals surface area contributed by atoms with Crippen LogP contribution in [0.5, 0.6) is 0 Å². The number of anilines is 1. The van der Waals surface area contributed by atoms with E-state index in [9.17, 15) is 9.59 Å². The average molecular weight is 388 g/mol. The molecule has 20 heavy (non-hydrogen) atoms. The quantitative estimate of drug-likeness (QED) is 0.748. The van der Waals surface area contributed by atoms with Gasteiger partial charge in [0, 0.05) is 19.8 Å². The molecular formula is C11H13IN6O2. The SMILES string of the molecule is CCn1cc(NC(=O)c2c(I)cnn2C)c(C(N)=O)n1. The first-order valence-electron chi connectivity index (χ1n) is 5.80. The summed E-state index contributed by atoms with van der Waals surface area (Å²) in [5, 5.41) is 10.6. The van der Waals surface area contributed by atoms with Crippen molar-refractivity contribution in [1.29, 1.82) is 0 Å². The fourth-order valence-electron chi connectivity index (χ4n) is 1.70. The van der Waals surface area contributed by atoms with Gasteiger partial charge in [0.05, 0.1) is 15.5 Å². The van der Waals surface area contributed by atoms with Crippen molar-refractivity contribution in [3.63, 3.8) is 0 Å². The van der Waals surface area contributed by atoms with Crippen molar-refractivity contribution < 1.29 is 9.59 Å². The van der Waals surface area contributed by atoms with E-state index in [1.165, 1.54) is 9.36 Å². The largest absolute Gasteiger partial charge is 0.364 e.